The molecule has 2 aliphatic carbocycles. The predicted molar refractivity (Wildman–Crippen MR) is 210 cm³/mol. The van der Waals surface area contributed by atoms with E-state index < -0.39 is 76.4 Å². The normalized spacial score (nSPS) is 27.1. The lowest BCUT2D eigenvalue weighted by Gasteiger charge is -2.50. The van der Waals surface area contributed by atoms with Crippen LogP contribution in [0.4, 0.5) is 23.2 Å². The van der Waals surface area contributed by atoms with Crippen LogP contribution in [-0.4, -0.2) is 69.0 Å². The van der Waals surface area contributed by atoms with E-state index in [0.717, 1.165) is 47.4 Å². The van der Waals surface area contributed by atoms with Crippen LogP contribution in [0.25, 0.3) is 0 Å². The smallest absolute Gasteiger partial charge is 0.508 e. The number of hydrogen-bond acceptors (Lipinski definition) is 8. The minimum atomic E-state index is -5.11. The van der Waals surface area contributed by atoms with E-state index in [1.165, 1.54) is 29.2 Å². The van der Waals surface area contributed by atoms with Gasteiger partial charge in [-0.15, -0.1) is 13.2 Å². The summed E-state index contributed by atoms with van der Waals surface area (Å²) in [6, 6.07) is 23.8. The van der Waals surface area contributed by atoms with Crippen LogP contribution in [0.3, 0.4) is 0 Å². The highest BCUT2D eigenvalue weighted by molar-refractivity contribution is 6.30. The van der Waals surface area contributed by atoms with Gasteiger partial charge in [0.2, 0.25) is 11.8 Å². The molecule has 4 aromatic rings. The van der Waals surface area contributed by atoms with Crippen molar-refractivity contribution in [2.24, 2.45) is 23.7 Å². The molecule has 3 heterocycles. The van der Waals surface area contributed by atoms with Crippen LogP contribution in [0.2, 0.25) is 5.02 Å². The molecule has 9 rings (SSSR count). The molecule has 1 saturated carbocycles. The van der Waals surface area contributed by atoms with Gasteiger partial charge < -0.3 is 9.84 Å². The lowest BCUT2D eigenvalue weighted by Crippen LogP contribution is -2.53. The number of piperidine rings is 1. The minimum Gasteiger partial charge on any atom is -0.508 e. The second-order valence-electron chi connectivity index (χ2n) is 16.2. The van der Waals surface area contributed by atoms with Gasteiger partial charge in [-0.25, -0.2) is 4.39 Å². The third-order valence-electron chi connectivity index (χ3n) is 13.0. The molecule has 60 heavy (non-hydrogen) atoms. The summed E-state index contributed by atoms with van der Waals surface area (Å²) in [5.74, 6) is -9.08. The summed E-state index contributed by atoms with van der Waals surface area (Å²) in [5, 5.41) is 12.7. The first-order valence-electron chi connectivity index (χ1n) is 19.8. The summed E-state index contributed by atoms with van der Waals surface area (Å²) in [6.45, 7) is 2.06. The fourth-order valence-electron chi connectivity index (χ4n) is 10.5. The number of nitrogens with one attached hydrogen (secondary N) is 1. The lowest BCUT2D eigenvalue weighted by atomic mass is 9.49. The Bertz CT molecular complexity index is 2390. The molecule has 4 aromatic carbocycles. The molecule has 6 atom stereocenters. The molecule has 0 bridgehead atoms. The van der Waals surface area contributed by atoms with E-state index in [1.807, 2.05) is 30.3 Å². The minimum absolute atomic E-state index is 0.0832. The molecule has 4 amide bonds. The molecule has 0 radical (unpaired) electrons. The maximum atomic E-state index is 15.3. The first kappa shape index (κ1) is 39.7. The average Bonchev–Trinajstić information content (AvgIpc) is 3.60. The molecular weight excluding hydrogens is 804 g/mol. The van der Waals surface area contributed by atoms with Crippen molar-refractivity contribution in [2.45, 2.75) is 56.0 Å². The number of anilines is 1. The van der Waals surface area contributed by atoms with Gasteiger partial charge in [-0.1, -0.05) is 65.7 Å². The Morgan fingerprint density at radius 2 is 1.55 bits per heavy atom. The number of rotatable bonds is 8. The Kier molecular flexibility index (Phi) is 9.98. The molecule has 10 nitrogen and oxygen atoms in total. The fourth-order valence-corrected chi connectivity index (χ4v) is 10.6. The molecule has 0 aromatic heterocycles. The highest BCUT2D eigenvalue weighted by Crippen LogP contribution is 2.65. The average molecular weight is 843 g/mol. The zero-order valence-electron chi connectivity index (χ0n) is 31.9. The number of likely N-dealkylation sites (tertiary alicyclic amines) is 2. The van der Waals surface area contributed by atoms with Gasteiger partial charge in [0.05, 0.1) is 28.9 Å². The SMILES string of the molecule is O=C1C2CC3C(=CCC4C(=O)N(C5CCN(Cc6ccccc6)CC5)C(=O)C43)C(c3cc(OC(F)(F)F)ccc3O)C2(c2ccc(Cl)cc2)C(=O)N1Nc1ccc(F)cc1. The number of carbonyl (C=O) groups excluding carboxylic acids is 4. The molecule has 3 saturated heterocycles. The second-order valence-corrected chi connectivity index (χ2v) is 16.6. The quantitative estimate of drug-likeness (QED) is 0.105. The van der Waals surface area contributed by atoms with Crippen molar-refractivity contribution in [1.82, 2.24) is 14.8 Å². The number of hydrazine groups is 1. The van der Waals surface area contributed by atoms with Gasteiger partial charge in [0, 0.05) is 42.2 Å². The first-order chi connectivity index (χ1) is 28.7. The number of phenolic OH excluding ortho intramolecular Hbond substituents is 1. The first-order valence-corrected chi connectivity index (χ1v) is 20.2. The number of benzene rings is 4. The van der Waals surface area contributed by atoms with Crippen LogP contribution >= 0.6 is 11.6 Å². The zero-order valence-corrected chi connectivity index (χ0v) is 32.7. The van der Waals surface area contributed by atoms with Crippen molar-refractivity contribution in [1.29, 1.82) is 0 Å². The third kappa shape index (κ3) is 6.69. The van der Waals surface area contributed by atoms with E-state index in [4.69, 9.17) is 11.6 Å². The Labute approximate surface area is 347 Å². The standard InChI is InChI=1S/C45H39ClF4N4O6/c46-27-8-6-26(7-9-27)44-36(41(57)54(43(44)59)51-29-12-10-28(47)11-13-29)23-34-32(39(44)35-22-31(14-17-37(35)55)60-45(48,49)50)15-16-33-38(34)42(58)53(40(33)56)30-18-20-52(21-19-30)24-25-4-2-1-3-5-25/h1-15,17,22,30,33-34,36,38-39,51,55H,16,18-21,23-24H2. The van der Waals surface area contributed by atoms with Gasteiger partial charge in [0.25, 0.3) is 11.8 Å². The number of halogens is 5. The van der Waals surface area contributed by atoms with Gasteiger partial charge in [0.15, 0.2) is 0 Å². The molecular formula is C45H39ClF4N4O6. The summed E-state index contributed by atoms with van der Waals surface area (Å²) in [4.78, 5) is 63.0. The molecule has 5 aliphatic rings. The molecule has 4 fully saturated rings. The summed E-state index contributed by atoms with van der Waals surface area (Å²) in [6.07, 6.45) is -2.22. The van der Waals surface area contributed by atoms with Crippen LogP contribution < -0.4 is 10.2 Å². The van der Waals surface area contributed by atoms with Gasteiger partial charge >= 0.3 is 6.36 Å². The number of fused-ring (bicyclic) bond motifs is 4. The number of amides is 4. The molecule has 310 valence electrons. The number of phenols is 1. The second kappa shape index (κ2) is 15.1. The zero-order chi connectivity index (χ0) is 42.1. The van der Waals surface area contributed by atoms with Gasteiger partial charge in [0.1, 0.15) is 17.3 Å². The van der Waals surface area contributed by atoms with E-state index in [0.29, 0.717) is 36.5 Å². The Morgan fingerprint density at radius 3 is 2.23 bits per heavy atom. The van der Waals surface area contributed by atoms with E-state index in [9.17, 15) is 37.1 Å². The van der Waals surface area contributed by atoms with Gasteiger partial charge in [-0.3, -0.25) is 34.4 Å². The Morgan fingerprint density at radius 1 is 0.850 bits per heavy atom. The number of hydrogen-bond donors (Lipinski definition) is 2. The highest BCUT2D eigenvalue weighted by atomic mass is 35.5. The van der Waals surface area contributed by atoms with Crippen LogP contribution in [0.5, 0.6) is 11.5 Å². The van der Waals surface area contributed by atoms with Crippen molar-refractivity contribution in [3.8, 4) is 11.5 Å². The highest BCUT2D eigenvalue weighted by Gasteiger charge is 2.71. The van der Waals surface area contributed by atoms with E-state index in [1.54, 1.807) is 18.2 Å². The van der Waals surface area contributed by atoms with Crippen molar-refractivity contribution in [3.63, 3.8) is 0 Å². The van der Waals surface area contributed by atoms with Crippen LogP contribution in [-0.2, 0) is 31.1 Å². The largest absolute Gasteiger partial charge is 0.573 e. The van der Waals surface area contributed by atoms with Gasteiger partial charge in [-0.05, 0) is 97.3 Å². The predicted octanol–water partition coefficient (Wildman–Crippen LogP) is 7.73. The molecule has 2 N–H and O–H groups in total. The topological polar surface area (TPSA) is 119 Å². The van der Waals surface area contributed by atoms with Crippen LogP contribution in [0.1, 0.15) is 48.3 Å². The molecule has 3 aliphatic heterocycles. The van der Waals surface area contributed by atoms with Crippen molar-refractivity contribution < 1.29 is 46.6 Å². The number of aromatic hydroxyl groups is 1. The Hall–Kier alpha value is -5.73. The number of carbonyl (C=O) groups is 4. The summed E-state index contributed by atoms with van der Waals surface area (Å²) in [7, 11) is 0. The monoisotopic (exact) mass is 842 g/mol. The number of ether oxygens (including phenoxy) is 1. The maximum absolute atomic E-state index is 15.3. The van der Waals surface area contributed by atoms with E-state index in [2.05, 4.69) is 15.1 Å². The summed E-state index contributed by atoms with van der Waals surface area (Å²) >= 11 is 6.33. The van der Waals surface area contributed by atoms with E-state index >= 15 is 4.79 Å². The van der Waals surface area contributed by atoms with Crippen LogP contribution in [0.15, 0.2) is 109 Å². The van der Waals surface area contributed by atoms with Crippen molar-refractivity contribution in [3.05, 3.63) is 136 Å². The fraction of sp³-hybridized carbons (Fsp3) is 0.333. The van der Waals surface area contributed by atoms with Crippen molar-refractivity contribution >= 4 is 40.9 Å². The number of imide groups is 2. The van der Waals surface area contributed by atoms with E-state index in [-0.39, 0.29) is 41.6 Å². The third-order valence-corrected chi connectivity index (χ3v) is 13.3. The number of allylic oxidation sites excluding steroid dienone is 2. The summed E-state index contributed by atoms with van der Waals surface area (Å²) < 4.78 is 59.3. The van der Waals surface area contributed by atoms with Crippen molar-refractivity contribution in [2.75, 3.05) is 18.5 Å². The lowest BCUT2D eigenvalue weighted by molar-refractivity contribution is -0.274. The number of nitrogens with zero attached hydrogens (tertiary/aromatic N) is 3. The molecule has 15 heteroatoms. The van der Waals surface area contributed by atoms with Gasteiger partial charge in [-0.2, -0.15) is 5.01 Å². The maximum Gasteiger partial charge on any atom is 0.573 e. The summed E-state index contributed by atoms with van der Waals surface area (Å²) in [5.41, 5.74) is 2.83. The number of alkyl halides is 3. The molecule has 6 unspecified atom stereocenters. The molecule has 0 spiro atoms. The Balaban J connectivity index is 1.14. The van der Waals surface area contributed by atoms with Crippen LogP contribution in [0, 0.1) is 29.5 Å².